The molecule has 0 fully saturated rings. The number of nitrogens with two attached hydrogens (primary N) is 1. The molecular formula is C15H20BrN3O. The summed E-state index contributed by atoms with van der Waals surface area (Å²) >= 11 is 3.48. The smallest absolute Gasteiger partial charge is 0.0743 e. The number of rotatable bonds is 6. The Balaban J connectivity index is 2.08. The molecule has 0 saturated carbocycles. The molecule has 0 amide bonds. The molecule has 1 aromatic carbocycles. The number of nitrogen functional groups attached to an aromatic ring is 1. The van der Waals surface area contributed by atoms with Crippen LogP contribution >= 0.6 is 15.9 Å². The second-order valence-electron chi connectivity index (χ2n) is 5.15. The molecular weight excluding hydrogens is 318 g/mol. The third-order valence-electron chi connectivity index (χ3n) is 2.86. The largest absolute Gasteiger partial charge is 0.396 e. The highest BCUT2D eigenvalue weighted by atomic mass is 79.9. The summed E-state index contributed by atoms with van der Waals surface area (Å²) in [5, 5.41) is 4.36. The highest BCUT2D eigenvalue weighted by Crippen LogP contribution is 2.29. The van der Waals surface area contributed by atoms with Crippen molar-refractivity contribution in [3.8, 4) is 0 Å². The summed E-state index contributed by atoms with van der Waals surface area (Å²) in [6.07, 6.45) is 1.69. The van der Waals surface area contributed by atoms with Crippen molar-refractivity contribution in [1.29, 1.82) is 0 Å². The Bertz CT molecular complexity index is 581. The van der Waals surface area contributed by atoms with Gasteiger partial charge in [-0.1, -0.05) is 29.8 Å². The number of nitrogens with one attached hydrogen (secondary N) is 1. The minimum absolute atomic E-state index is 0.554. The van der Waals surface area contributed by atoms with E-state index in [1.165, 1.54) is 0 Å². The molecule has 0 aliphatic rings. The molecule has 0 atom stereocenters. The molecule has 0 unspecified atom stereocenters. The molecule has 2 rings (SSSR count). The molecule has 0 spiro atoms. The summed E-state index contributed by atoms with van der Waals surface area (Å²) in [7, 11) is 0. The van der Waals surface area contributed by atoms with Gasteiger partial charge in [0.15, 0.2) is 0 Å². The zero-order valence-corrected chi connectivity index (χ0v) is 13.4. The standard InChI is InChI=1S/C15H20BrN3O/c1-10(2)9-20-6-5-18-15-12-7-11(16)3-4-14(12)19-8-13(15)17/h3-4,7-8,10H,5-6,9,17H2,1-2H3,(H,18,19). The lowest BCUT2D eigenvalue weighted by atomic mass is 10.1. The van der Waals surface area contributed by atoms with Gasteiger partial charge in [-0.05, 0) is 24.1 Å². The normalized spacial score (nSPS) is 11.2. The van der Waals surface area contributed by atoms with Gasteiger partial charge >= 0.3 is 0 Å². The van der Waals surface area contributed by atoms with Crippen LogP contribution < -0.4 is 11.1 Å². The minimum atomic E-state index is 0.554. The molecule has 0 aliphatic heterocycles. The van der Waals surface area contributed by atoms with E-state index < -0.39 is 0 Å². The van der Waals surface area contributed by atoms with E-state index in [0.29, 0.717) is 18.2 Å². The van der Waals surface area contributed by atoms with Crippen LogP contribution in [0.2, 0.25) is 0 Å². The van der Waals surface area contributed by atoms with Crippen molar-refractivity contribution in [2.45, 2.75) is 13.8 Å². The Kier molecular flexibility index (Phi) is 5.20. The predicted molar refractivity (Wildman–Crippen MR) is 88.0 cm³/mol. The summed E-state index contributed by atoms with van der Waals surface area (Å²) in [5.41, 5.74) is 8.52. The van der Waals surface area contributed by atoms with Gasteiger partial charge in [-0.25, -0.2) is 0 Å². The van der Waals surface area contributed by atoms with Crippen molar-refractivity contribution in [2.75, 3.05) is 30.8 Å². The summed E-state index contributed by atoms with van der Waals surface area (Å²) < 4.78 is 6.57. The number of pyridine rings is 1. The lowest BCUT2D eigenvalue weighted by molar-refractivity contribution is 0.118. The maximum Gasteiger partial charge on any atom is 0.0743 e. The van der Waals surface area contributed by atoms with Crippen LogP contribution in [-0.2, 0) is 4.74 Å². The van der Waals surface area contributed by atoms with E-state index in [4.69, 9.17) is 10.5 Å². The van der Waals surface area contributed by atoms with Crippen LogP contribution in [0.1, 0.15) is 13.8 Å². The minimum Gasteiger partial charge on any atom is -0.396 e. The third kappa shape index (κ3) is 3.84. The molecule has 5 heteroatoms. The Morgan fingerprint density at radius 1 is 1.40 bits per heavy atom. The first-order valence-corrected chi connectivity index (χ1v) is 7.52. The molecule has 0 saturated heterocycles. The average molecular weight is 338 g/mol. The Hall–Kier alpha value is -1.33. The van der Waals surface area contributed by atoms with Gasteiger partial charge in [-0.3, -0.25) is 4.98 Å². The van der Waals surface area contributed by atoms with Gasteiger partial charge in [-0.2, -0.15) is 0 Å². The van der Waals surface area contributed by atoms with E-state index >= 15 is 0 Å². The maximum absolute atomic E-state index is 6.02. The Labute approximate surface area is 127 Å². The van der Waals surface area contributed by atoms with E-state index in [1.54, 1.807) is 6.20 Å². The van der Waals surface area contributed by atoms with Gasteiger partial charge < -0.3 is 15.8 Å². The first-order chi connectivity index (χ1) is 9.58. The van der Waals surface area contributed by atoms with Crippen LogP contribution in [0.25, 0.3) is 10.9 Å². The van der Waals surface area contributed by atoms with Crippen molar-refractivity contribution in [3.05, 3.63) is 28.9 Å². The lowest BCUT2D eigenvalue weighted by Gasteiger charge is -2.13. The van der Waals surface area contributed by atoms with Crippen molar-refractivity contribution in [3.63, 3.8) is 0 Å². The van der Waals surface area contributed by atoms with Crippen LogP contribution in [0.5, 0.6) is 0 Å². The van der Waals surface area contributed by atoms with E-state index in [0.717, 1.165) is 34.2 Å². The molecule has 20 heavy (non-hydrogen) atoms. The number of nitrogens with zero attached hydrogens (tertiary/aromatic N) is 1. The highest BCUT2D eigenvalue weighted by molar-refractivity contribution is 9.10. The van der Waals surface area contributed by atoms with E-state index in [2.05, 4.69) is 40.1 Å². The molecule has 1 aromatic heterocycles. The van der Waals surface area contributed by atoms with Crippen molar-refractivity contribution >= 4 is 38.2 Å². The molecule has 108 valence electrons. The number of anilines is 2. The number of fused-ring (bicyclic) bond motifs is 1. The van der Waals surface area contributed by atoms with E-state index in [9.17, 15) is 0 Å². The third-order valence-corrected chi connectivity index (χ3v) is 3.35. The average Bonchev–Trinajstić information content (AvgIpc) is 2.40. The Morgan fingerprint density at radius 2 is 2.20 bits per heavy atom. The summed E-state index contributed by atoms with van der Waals surface area (Å²) in [6.45, 7) is 6.44. The van der Waals surface area contributed by atoms with Gasteiger partial charge in [0.05, 0.1) is 29.7 Å². The van der Waals surface area contributed by atoms with Gasteiger partial charge in [0.25, 0.3) is 0 Å². The fourth-order valence-corrected chi connectivity index (χ4v) is 2.31. The van der Waals surface area contributed by atoms with Crippen LogP contribution in [0.3, 0.4) is 0 Å². The second kappa shape index (κ2) is 6.90. The van der Waals surface area contributed by atoms with Crippen molar-refractivity contribution in [2.24, 2.45) is 5.92 Å². The molecule has 1 heterocycles. The number of hydrogen-bond acceptors (Lipinski definition) is 4. The zero-order valence-electron chi connectivity index (χ0n) is 11.8. The first-order valence-electron chi connectivity index (χ1n) is 6.73. The van der Waals surface area contributed by atoms with Gasteiger partial charge in [-0.15, -0.1) is 0 Å². The fourth-order valence-electron chi connectivity index (χ4n) is 1.94. The highest BCUT2D eigenvalue weighted by Gasteiger charge is 2.07. The maximum atomic E-state index is 6.02. The monoisotopic (exact) mass is 337 g/mol. The van der Waals surface area contributed by atoms with Crippen molar-refractivity contribution < 1.29 is 4.74 Å². The van der Waals surface area contributed by atoms with E-state index in [-0.39, 0.29) is 0 Å². The number of halogens is 1. The fraction of sp³-hybridized carbons (Fsp3) is 0.400. The zero-order chi connectivity index (χ0) is 14.5. The molecule has 0 radical (unpaired) electrons. The quantitative estimate of drug-likeness (QED) is 0.789. The Morgan fingerprint density at radius 3 is 2.95 bits per heavy atom. The topological polar surface area (TPSA) is 60.2 Å². The van der Waals surface area contributed by atoms with Crippen LogP contribution in [0.4, 0.5) is 11.4 Å². The first kappa shape index (κ1) is 15.1. The van der Waals surface area contributed by atoms with Gasteiger partial charge in [0.2, 0.25) is 0 Å². The molecule has 0 aliphatic carbocycles. The van der Waals surface area contributed by atoms with Crippen LogP contribution in [0, 0.1) is 5.92 Å². The van der Waals surface area contributed by atoms with Gasteiger partial charge in [0.1, 0.15) is 0 Å². The van der Waals surface area contributed by atoms with Crippen LogP contribution in [-0.4, -0.2) is 24.7 Å². The second-order valence-corrected chi connectivity index (χ2v) is 6.06. The van der Waals surface area contributed by atoms with Crippen molar-refractivity contribution in [1.82, 2.24) is 4.98 Å². The number of benzene rings is 1. The summed E-state index contributed by atoms with van der Waals surface area (Å²) in [6, 6.07) is 5.97. The summed E-state index contributed by atoms with van der Waals surface area (Å²) in [5.74, 6) is 0.554. The van der Waals surface area contributed by atoms with Gasteiger partial charge in [0, 0.05) is 23.0 Å². The predicted octanol–water partition coefficient (Wildman–Crippen LogP) is 3.66. The van der Waals surface area contributed by atoms with E-state index in [1.807, 2.05) is 18.2 Å². The number of ether oxygens (including phenoxy) is 1. The molecule has 2 aromatic rings. The SMILES string of the molecule is CC(C)COCCNc1c(N)cnc2ccc(Br)cc12. The van der Waals surface area contributed by atoms with Crippen LogP contribution in [0.15, 0.2) is 28.9 Å². The molecule has 3 N–H and O–H groups in total. The summed E-state index contributed by atoms with van der Waals surface area (Å²) in [4.78, 5) is 4.33. The number of hydrogen-bond donors (Lipinski definition) is 2. The molecule has 4 nitrogen and oxygen atoms in total. The number of aromatic nitrogens is 1. The molecule has 0 bridgehead atoms. The lowest BCUT2D eigenvalue weighted by Crippen LogP contribution is -2.13.